The summed E-state index contributed by atoms with van der Waals surface area (Å²) in [6.07, 6.45) is 6.81. The number of hydrogen-bond donors (Lipinski definition) is 1. The predicted octanol–water partition coefficient (Wildman–Crippen LogP) is 1.73. The third-order valence-corrected chi connectivity index (χ3v) is 3.06. The molecular weight excluding hydrogens is 235 g/mol. The summed E-state index contributed by atoms with van der Waals surface area (Å²) in [5.41, 5.74) is 5.43. The van der Waals surface area contributed by atoms with Crippen molar-refractivity contribution in [3.8, 4) is 0 Å². The van der Waals surface area contributed by atoms with Crippen molar-refractivity contribution in [2.75, 3.05) is 0 Å². The van der Waals surface area contributed by atoms with Crippen LogP contribution in [0.1, 0.15) is 0 Å². The Labute approximate surface area is 96.9 Å². The summed E-state index contributed by atoms with van der Waals surface area (Å²) in [4.78, 5) is 15.2. The van der Waals surface area contributed by atoms with Gasteiger partial charge in [-0.2, -0.15) is 0 Å². The molecule has 15 heavy (non-hydrogen) atoms. The van der Waals surface area contributed by atoms with Gasteiger partial charge in [0.2, 0.25) is 0 Å². The number of nitrogens with two attached hydrogens (primary N) is 1. The first kappa shape index (κ1) is 10.5. The summed E-state index contributed by atoms with van der Waals surface area (Å²) in [5, 5.41) is 1.00. The largest absolute Gasteiger partial charge is 0.366 e. The maximum Gasteiger partial charge on any atom is 0.251 e. The Balaban J connectivity index is 2.42. The van der Waals surface area contributed by atoms with Gasteiger partial charge in [-0.3, -0.25) is 9.79 Å². The molecule has 3 nitrogen and oxygen atoms in total. The van der Waals surface area contributed by atoms with Crippen molar-refractivity contribution < 1.29 is 4.79 Å². The van der Waals surface area contributed by atoms with E-state index in [-0.39, 0.29) is 17.5 Å². The lowest BCUT2D eigenvalue weighted by atomic mass is 9.90. The molecule has 2 N–H and O–H groups in total. The van der Waals surface area contributed by atoms with E-state index in [9.17, 15) is 4.79 Å². The fourth-order valence-electron chi connectivity index (χ4n) is 1.58. The number of hydrogen-bond acceptors (Lipinski definition) is 2. The van der Waals surface area contributed by atoms with Crippen LogP contribution in [0.2, 0.25) is 0 Å². The normalized spacial score (nSPS) is 28.8. The molecule has 1 aliphatic heterocycles. The van der Waals surface area contributed by atoms with Crippen LogP contribution in [-0.2, 0) is 4.79 Å². The van der Waals surface area contributed by atoms with Crippen molar-refractivity contribution in [1.29, 1.82) is 0 Å². The van der Waals surface area contributed by atoms with Gasteiger partial charge in [0, 0.05) is 22.2 Å². The minimum atomic E-state index is -0.568. The highest BCUT2D eigenvalue weighted by Crippen LogP contribution is 2.34. The van der Waals surface area contributed by atoms with E-state index >= 15 is 0 Å². The zero-order valence-corrected chi connectivity index (χ0v) is 9.16. The first-order chi connectivity index (χ1) is 7.09. The second kappa shape index (κ2) is 3.83. The van der Waals surface area contributed by atoms with Gasteiger partial charge in [-0.15, -0.1) is 0 Å². The summed E-state index contributed by atoms with van der Waals surface area (Å²) in [6.45, 7) is 0. The number of carbonyl (C=O) groups is 1. The number of amides is 1. The van der Waals surface area contributed by atoms with Gasteiger partial charge in [0.05, 0.1) is 11.6 Å². The van der Waals surface area contributed by atoms with E-state index < -0.39 is 5.91 Å². The van der Waals surface area contributed by atoms with Gasteiger partial charge in [-0.25, -0.2) is 0 Å². The third-order valence-electron chi connectivity index (χ3n) is 2.35. The highest BCUT2D eigenvalue weighted by atomic mass is 35.5. The second-order valence-corrected chi connectivity index (χ2v) is 4.17. The van der Waals surface area contributed by atoms with Gasteiger partial charge in [0.15, 0.2) is 0 Å². The van der Waals surface area contributed by atoms with Crippen molar-refractivity contribution >= 4 is 35.3 Å². The number of aliphatic imine (C=N–C) groups is 1. The molecule has 0 aromatic rings. The van der Waals surface area contributed by atoms with E-state index in [1.807, 2.05) is 6.08 Å². The maximum atomic E-state index is 11.0. The minimum absolute atomic E-state index is 0.0805. The summed E-state index contributed by atoms with van der Waals surface area (Å²) < 4.78 is 0. The van der Waals surface area contributed by atoms with E-state index in [1.54, 1.807) is 12.2 Å². The fourth-order valence-corrected chi connectivity index (χ4v) is 2.13. The molecule has 1 heterocycles. The number of rotatable bonds is 1. The van der Waals surface area contributed by atoms with Gasteiger partial charge in [-0.05, 0) is 6.08 Å². The summed E-state index contributed by atoms with van der Waals surface area (Å²) in [5.74, 6) is -0.738. The van der Waals surface area contributed by atoms with Crippen molar-refractivity contribution in [3.63, 3.8) is 0 Å². The van der Waals surface area contributed by atoms with Crippen molar-refractivity contribution in [2.45, 2.75) is 6.04 Å². The molecule has 0 aromatic heterocycles. The van der Waals surface area contributed by atoms with Crippen molar-refractivity contribution in [1.82, 2.24) is 0 Å². The van der Waals surface area contributed by atoms with Crippen LogP contribution in [0.5, 0.6) is 0 Å². The summed E-state index contributed by atoms with van der Waals surface area (Å²) in [7, 11) is 0. The Kier molecular flexibility index (Phi) is 2.67. The van der Waals surface area contributed by atoms with Gasteiger partial charge in [0.25, 0.3) is 5.91 Å². The molecule has 0 bridgehead atoms. The van der Waals surface area contributed by atoms with E-state index in [1.165, 1.54) is 6.21 Å². The Hall–Kier alpha value is -1.06. The first-order valence-electron chi connectivity index (χ1n) is 4.38. The molecule has 0 saturated heterocycles. The molecule has 0 fully saturated rings. The molecule has 2 atom stereocenters. The lowest BCUT2D eigenvalue weighted by Gasteiger charge is -2.25. The lowest BCUT2D eigenvalue weighted by Crippen LogP contribution is -2.27. The van der Waals surface area contributed by atoms with Crippen LogP contribution in [0.4, 0.5) is 0 Å². The monoisotopic (exact) mass is 242 g/mol. The van der Waals surface area contributed by atoms with Crippen LogP contribution in [0.25, 0.3) is 0 Å². The van der Waals surface area contributed by atoms with Crippen LogP contribution in [0.3, 0.4) is 0 Å². The van der Waals surface area contributed by atoms with Crippen LogP contribution in [0.15, 0.2) is 38.9 Å². The quantitative estimate of drug-likeness (QED) is 0.749. The van der Waals surface area contributed by atoms with Crippen molar-refractivity contribution in [2.24, 2.45) is 16.6 Å². The van der Waals surface area contributed by atoms with Crippen LogP contribution in [0, 0.1) is 5.92 Å². The van der Waals surface area contributed by atoms with E-state index in [0.717, 1.165) is 0 Å². The topological polar surface area (TPSA) is 55.5 Å². The number of dihydropyridines is 1. The molecule has 2 aliphatic rings. The second-order valence-electron chi connectivity index (χ2n) is 3.33. The molecule has 1 amide bonds. The molecule has 0 unspecified atom stereocenters. The molecule has 78 valence electrons. The predicted molar refractivity (Wildman–Crippen MR) is 60.9 cm³/mol. The molecule has 0 radical (unpaired) electrons. The van der Waals surface area contributed by atoms with Gasteiger partial charge in [0.1, 0.15) is 0 Å². The van der Waals surface area contributed by atoms with Gasteiger partial charge in [-0.1, -0.05) is 35.4 Å². The number of fused-ring (bicyclic) bond motifs is 1. The minimum Gasteiger partial charge on any atom is -0.366 e. The zero-order valence-electron chi connectivity index (χ0n) is 7.65. The number of allylic oxidation sites excluding steroid dienone is 2. The Morgan fingerprint density at radius 1 is 1.47 bits per heavy atom. The summed E-state index contributed by atoms with van der Waals surface area (Å²) >= 11 is 11.9. The average molecular weight is 243 g/mol. The molecular formula is C10H8Cl2N2O. The number of nitrogens with zero attached hydrogens (tertiary/aromatic N) is 1. The highest BCUT2D eigenvalue weighted by molar-refractivity contribution is 6.36. The molecule has 1 aliphatic carbocycles. The standard InChI is InChI=1S/C10H8Cl2N2O/c11-5-1-2-8-6(3-5)9(12)7(4-14-8)10(13)15/h1-4,6,8H,(H2,13,15)/t6-,8-/m0/s1. The number of halogens is 2. The molecule has 0 aromatic carbocycles. The van der Waals surface area contributed by atoms with E-state index in [0.29, 0.717) is 10.1 Å². The molecule has 0 spiro atoms. The van der Waals surface area contributed by atoms with Crippen LogP contribution in [-0.4, -0.2) is 18.2 Å². The lowest BCUT2D eigenvalue weighted by molar-refractivity contribution is -0.114. The number of carbonyl (C=O) groups excluding carboxylic acids is 1. The van der Waals surface area contributed by atoms with Crippen LogP contribution >= 0.6 is 23.2 Å². The fraction of sp³-hybridized carbons (Fsp3) is 0.200. The van der Waals surface area contributed by atoms with Gasteiger partial charge >= 0.3 is 0 Å². The summed E-state index contributed by atoms with van der Waals surface area (Å²) in [6, 6.07) is -0.0805. The van der Waals surface area contributed by atoms with E-state index in [4.69, 9.17) is 28.9 Å². The van der Waals surface area contributed by atoms with Crippen molar-refractivity contribution in [3.05, 3.63) is 33.9 Å². The highest BCUT2D eigenvalue weighted by Gasteiger charge is 2.29. The Morgan fingerprint density at radius 2 is 2.20 bits per heavy atom. The van der Waals surface area contributed by atoms with Gasteiger partial charge < -0.3 is 5.73 Å². The molecule has 2 rings (SSSR count). The number of primary amides is 1. The molecule has 5 heteroatoms. The smallest absolute Gasteiger partial charge is 0.251 e. The van der Waals surface area contributed by atoms with Crippen LogP contribution < -0.4 is 5.73 Å². The zero-order chi connectivity index (χ0) is 11.0. The Bertz CT molecular complexity index is 435. The SMILES string of the molecule is NC(=O)C1=C(Cl)[C@H]2C=C(Cl)C=C[C@@H]2N=C1. The Morgan fingerprint density at radius 3 is 2.87 bits per heavy atom. The maximum absolute atomic E-state index is 11.0. The van der Waals surface area contributed by atoms with E-state index in [2.05, 4.69) is 4.99 Å². The average Bonchev–Trinajstić information content (AvgIpc) is 2.19. The molecule has 0 saturated carbocycles. The first-order valence-corrected chi connectivity index (χ1v) is 5.13. The third kappa shape index (κ3) is 1.85.